The SMILES string of the molecule is CC(C)(C)OC(=O)N1CCC(Nc2cc(Cl)ccn2)CC1.CC(C)C[C@](C)(N)COc1ccc(-c2ccnc(NC3CCNCC3)c2)cc1C#N. The molecule has 3 aromatic rings. The van der Waals surface area contributed by atoms with E-state index < -0.39 is 11.1 Å². The fourth-order valence-corrected chi connectivity index (χ4v) is 6.41. The maximum Gasteiger partial charge on any atom is 0.410 e. The molecule has 5 rings (SSSR count). The van der Waals surface area contributed by atoms with Crippen molar-refractivity contribution < 1.29 is 14.3 Å². The molecule has 0 unspecified atom stereocenters. The minimum absolute atomic E-state index is 0.234. The highest BCUT2D eigenvalue weighted by molar-refractivity contribution is 6.30. The summed E-state index contributed by atoms with van der Waals surface area (Å²) in [6, 6.07) is 16.3. The van der Waals surface area contributed by atoms with Crippen LogP contribution in [0.1, 0.15) is 79.2 Å². The lowest BCUT2D eigenvalue weighted by atomic mass is 9.93. The average Bonchev–Trinajstić information content (AvgIpc) is 3.07. The number of halogens is 1. The zero-order chi connectivity index (χ0) is 37.0. The van der Waals surface area contributed by atoms with Gasteiger partial charge in [0, 0.05) is 48.1 Å². The second-order valence-corrected chi connectivity index (χ2v) is 15.6. The predicted octanol–water partition coefficient (Wildman–Crippen LogP) is 7.47. The Bertz CT molecular complexity index is 1610. The van der Waals surface area contributed by atoms with Crippen LogP contribution in [-0.4, -0.2) is 77.0 Å². The van der Waals surface area contributed by atoms with Gasteiger partial charge in [-0.25, -0.2) is 14.8 Å². The molecule has 0 bridgehead atoms. The Kier molecular flexibility index (Phi) is 14.3. The van der Waals surface area contributed by atoms with Crippen molar-refractivity contribution >= 4 is 29.3 Å². The molecule has 5 N–H and O–H groups in total. The van der Waals surface area contributed by atoms with E-state index in [4.69, 9.17) is 26.8 Å². The highest BCUT2D eigenvalue weighted by Gasteiger charge is 2.27. The number of hydrogen-bond donors (Lipinski definition) is 4. The number of nitriles is 1. The Balaban J connectivity index is 0.000000244. The van der Waals surface area contributed by atoms with Crippen LogP contribution in [-0.2, 0) is 4.74 Å². The van der Waals surface area contributed by atoms with Crippen molar-refractivity contribution in [1.82, 2.24) is 20.2 Å². The fourth-order valence-electron chi connectivity index (χ4n) is 6.25. The van der Waals surface area contributed by atoms with Crippen molar-refractivity contribution in [2.24, 2.45) is 11.7 Å². The number of nitrogens with one attached hydrogen (secondary N) is 3. The highest BCUT2D eigenvalue weighted by atomic mass is 35.5. The number of anilines is 2. The minimum Gasteiger partial charge on any atom is -0.490 e. The van der Waals surface area contributed by atoms with Gasteiger partial charge in [0.2, 0.25) is 0 Å². The molecule has 0 radical (unpaired) electrons. The molecule has 0 saturated carbocycles. The summed E-state index contributed by atoms with van der Waals surface area (Å²) < 4.78 is 11.3. The molecule has 2 aliphatic heterocycles. The van der Waals surface area contributed by atoms with Crippen LogP contribution in [0.3, 0.4) is 0 Å². The van der Waals surface area contributed by atoms with Crippen molar-refractivity contribution in [2.75, 3.05) is 43.4 Å². The Labute approximate surface area is 308 Å². The van der Waals surface area contributed by atoms with E-state index in [1.165, 1.54) is 0 Å². The lowest BCUT2D eigenvalue weighted by Crippen LogP contribution is -2.44. The number of pyridine rings is 2. The lowest BCUT2D eigenvalue weighted by molar-refractivity contribution is 0.0210. The van der Waals surface area contributed by atoms with Gasteiger partial charge in [-0.2, -0.15) is 5.26 Å². The van der Waals surface area contributed by atoms with Gasteiger partial charge in [-0.05, 0) is 126 Å². The number of nitrogens with two attached hydrogens (primary N) is 1. The number of carbonyl (C=O) groups is 1. The molecule has 1 amide bonds. The topological polar surface area (TPSA) is 150 Å². The van der Waals surface area contributed by atoms with Gasteiger partial charge >= 0.3 is 6.09 Å². The molecule has 11 nitrogen and oxygen atoms in total. The minimum atomic E-state index is -0.448. The first-order chi connectivity index (χ1) is 24.2. The Morgan fingerprint density at radius 3 is 2.20 bits per heavy atom. The van der Waals surface area contributed by atoms with Crippen molar-refractivity contribution in [3.8, 4) is 22.9 Å². The zero-order valence-electron chi connectivity index (χ0n) is 31.0. The lowest BCUT2D eigenvalue weighted by Gasteiger charge is -2.33. The van der Waals surface area contributed by atoms with Crippen LogP contribution in [0.5, 0.6) is 5.75 Å². The van der Waals surface area contributed by atoms with Crippen LogP contribution in [0.25, 0.3) is 11.1 Å². The number of benzene rings is 1. The molecule has 276 valence electrons. The summed E-state index contributed by atoms with van der Waals surface area (Å²) in [6.45, 7) is 15.7. The first-order valence-corrected chi connectivity index (χ1v) is 18.3. The molecule has 2 fully saturated rings. The van der Waals surface area contributed by atoms with Crippen LogP contribution < -0.4 is 26.4 Å². The number of aromatic nitrogens is 2. The second kappa shape index (κ2) is 18.4. The van der Waals surface area contributed by atoms with Crippen LogP contribution >= 0.6 is 11.6 Å². The molecule has 2 saturated heterocycles. The number of carbonyl (C=O) groups excluding carboxylic acids is 1. The zero-order valence-corrected chi connectivity index (χ0v) is 31.7. The maximum absolute atomic E-state index is 12.0. The predicted molar refractivity (Wildman–Crippen MR) is 205 cm³/mol. The normalized spacial score (nSPS) is 16.7. The number of piperidine rings is 2. The summed E-state index contributed by atoms with van der Waals surface area (Å²) in [5.41, 5.74) is 7.97. The van der Waals surface area contributed by atoms with Gasteiger partial charge in [0.25, 0.3) is 0 Å². The van der Waals surface area contributed by atoms with Gasteiger partial charge in [0.1, 0.15) is 35.7 Å². The van der Waals surface area contributed by atoms with Crippen molar-refractivity contribution in [1.29, 1.82) is 5.26 Å². The molecule has 1 atom stereocenters. The molecular formula is C39H55ClN8O3. The van der Waals surface area contributed by atoms with E-state index in [9.17, 15) is 10.1 Å². The van der Waals surface area contributed by atoms with Crippen molar-refractivity contribution in [3.05, 3.63) is 65.4 Å². The van der Waals surface area contributed by atoms with Gasteiger partial charge in [0.15, 0.2) is 0 Å². The van der Waals surface area contributed by atoms with E-state index in [0.29, 0.717) is 54.0 Å². The highest BCUT2D eigenvalue weighted by Crippen LogP contribution is 2.29. The van der Waals surface area contributed by atoms with Gasteiger partial charge in [-0.1, -0.05) is 31.5 Å². The van der Waals surface area contributed by atoms with E-state index >= 15 is 0 Å². The molecule has 1 aromatic carbocycles. The first-order valence-electron chi connectivity index (χ1n) is 18.0. The third kappa shape index (κ3) is 13.5. The summed E-state index contributed by atoms with van der Waals surface area (Å²) in [4.78, 5) is 22.4. The molecule has 4 heterocycles. The van der Waals surface area contributed by atoms with Crippen LogP contribution in [0.15, 0.2) is 54.9 Å². The Morgan fingerprint density at radius 1 is 0.980 bits per heavy atom. The van der Waals surface area contributed by atoms with E-state index in [-0.39, 0.29) is 6.09 Å². The molecule has 2 aromatic heterocycles. The monoisotopic (exact) mass is 718 g/mol. The standard InChI is InChI=1S/C24H33N5O.C15H22ClN3O2/c1-17(2)14-24(3,26)16-30-22-5-4-18(12-20(22)15-25)19-6-11-28-23(13-19)29-21-7-9-27-10-8-21;1-15(2,3)21-14(20)19-8-5-12(6-9-19)18-13-10-11(16)4-7-17-13/h4-6,11-13,17,21,27H,7-10,14,16,26H2,1-3H3,(H,28,29);4,7,10,12H,5-6,8-9H2,1-3H3,(H,17,18)/t24-;/m0./s1. The molecule has 12 heteroatoms. The largest absolute Gasteiger partial charge is 0.490 e. The molecule has 2 aliphatic rings. The van der Waals surface area contributed by atoms with E-state index in [1.807, 2.05) is 64.1 Å². The van der Waals surface area contributed by atoms with Crippen molar-refractivity contribution in [3.63, 3.8) is 0 Å². The van der Waals surface area contributed by atoms with Crippen LogP contribution in [0.2, 0.25) is 5.02 Å². The molecular weight excluding hydrogens is 664 g/mol. The van der Waals surface area contributed by atoms with E-state index in [1.54, 1.807) is 23.4 Å². The number of ether oxygens (including phenoxy) is 2. The summed E-state index contributed by atoms with van der Waals surface area (Å²) in [7, 11) is 0. The van der Waals surface area contributed by atoms with E-state index in [0.717, 1.165) is 68.0 Å². The maximum atomic E-state index is 12.0. The summed E-state index contributed by atoms with van der Waals surface area (Å²) in [5.74, 6) is 2.70. The molecule has 0 aliphatic carbocycles. The third-order valence-corrected chi connectivity index (χ3v) is 8.77. The Hall–Kier alpha value is -4.11. The number of nitrogens with zero attached hydrogens (tertiary/aromatic N) is 4. The summed E-state index contributed by atoms with van der Waals surface area (Å²) in [6.07, 6.45) is 8.03. The third-order valence-electron chi connectivity index (χ3n) is 8.54. The summed E-state index contributed by atoms with van der Waals surface area (Å²) >= 11 is 5.94. The van der Waals surface area contributed by atoms with Gasteiger partial charge in [-0.3, -0.25) is 0 Å². The van der Waals surface area contributed by atoms with Crippen LogP contribution in [0.4, 0.5) is 16.4 Å². The molecule has 51 heavy (non-hydrogen) atoms. The van der Waals surface area contributed by atoms with Gasteiger partial charge in [-0.15, -0.1) is 0 Å². The number of likely N-dealkylation sites (tertiary alicyclic amines) is 1. The van der Waals surface area contributed by atoms with Gasteiger partial charge in [0.05, 0.1) is 5.56 Å². The van der Waals surface area contributed by atoms with E-state index in [2.05, 4.69) is 45.8 Å². The smallest absolute Gasteiger partial charge is 0.410 e. The van der Waals surface area contributed by atoms with Gasteiger partial charge < -0.3 is 36.1 Å². The quantitative estimate of drug-likeness (QED) is 0.166. The van der Waals surface area contributed by atoms with Crippen LogP contribution in [0, 0.1) is 17.2 Å². The second-order valence-electron chi connectivity index (χ2n) is 15.2. The first kappa shape index (κ1) is 39.7. The van der Waals surface area contributed by atoms with Crippen molar-refractivity contribution in [2.45, 2.75) is 96.9 Å². The summed E-state index contributed by atoms with van der Waals surface area (Å²) in [5, 5.41) is 20.6. The number of rotatable bonds is 10. The Morgan fingerprint density at radius 2 is 1.59 bits per heavy atom. The average molecular weight is 719 g/mol. The fraction of sp³-hybridized carbons (Fsp3) is 0.538. The number of amides is 1. The number of hydrogen-bond acceptors (Lipinski definition) is 10. The molecule has 0 spiro atoms.